The molecule has 1 heterocycles. The van der Waals surface area contributed by atoms with Crippen molar-refractivity contribution in [3.8, 4) is 0 Å². The molecule has 19 heavy (non-hydrogen) atoms. The number of ketones is 1. The van der Waals surface area contributed by atoms with Crippen molar-refractivity contribution in [1.82, 2.24) is 4.98 Å². The Balaban J connectivity index is 2.14. The maximum Gasteiger partial charge on any atom is 0.254 e. The second kappa shape index (κ2) is 5.98. The van der Waals surface area contributed by atoms with E-state index in [0.29, 0.717) is 5.02 Å². The molecule has 1 aromatic heterocycles. The molecule has 0 unspecified atom stereocenters. The Morgan fingerprint density at radius 3 is 2.26 bits per heavy atom. The van der Waals surface area contributed by atoms with Crippen molar-refractivity contribution in [2.75, 3.05) is 0 Å². The van der Waals surface area contributed by atoms with E-state index in [2.05, 4.69) is 4.98 Å². The molecule has 0 saturated heterocycles. The van der Waals surface area contributed by atoms with Gasteiger partial charge in [0.05, 0.1) is 10.7 Å². The minimum absolute atomic E-state index is 0.261. The van der Waals surface area contributed by atoms with E-state index < -0.39 is 9.58 Å². The fourth-order valence-corrected chi connectivity index (χ4v) is 2.60. The van der Waals surface area contributed by atoms with Crippen LogP contribution < -0.4 is 0 Å². The first-order chi connectivity index (χ1) is 8.86. The third-order valence-corrected chi connectivity index (χ3v) is 3.94. The van der Waals surface area contributed by atoms with Gasteiger partial charge in [-0.3, -0.25) is 4.79 Å². The average molecular weight is 355 g/mol. The third kappa shape index (κ3) is 4.07. The van der Waals surface area contributed by atoms with Crippen molar-refractivity contribution in [3.63, 3.8) is 0 Å². The molecule has 2 aromatic rings. The van der Waals surface area contributed by atoms with Gasteiger partial charge in [-0.1, -0.05) is 58.2 Å². The second-order valence-electron chi connectivity index (χ2n) is 3.62. The van der Waals surface area contributed by atoms with Crippen LogP contribution in [0.4, 0.5) is 0 Å². The smallest absolute Gasteiger partial charge is 0.254 e. The van der Waals surface area contributed by atoms with E-state index in [9.17, 15) is 4.79 Å². The van der Waals surface area contributed by atoms with Gasteiger partial charge in [-0.05, 0) is 36.4 Å². The van der Waals surface area contributed by atoms with Crippen molar-refractivity contribution in [2.24, 2.45) is 0 Å². The Kier molecular flexibility index (Phi) is 4.75. The van der Waals surface area contributed by atoms with Crippen LogP contribution in [0.25, 0.3) is 0 Å². The molecule has 0 bridgehead atoms. The number of rotatable bonds is 3. The monoisotopic (exact) mass is 353 g/mol. The number of carbonyl (C=O) groups excluding carboxylic acids is 1. The number of aromatic nitrogens is 1. The Labute approximate surface area is 134 Å². The van der Waals surface area contributed by atoms with Gasteiger partial charge in [0.2, 0.25) is 5.78 Å². The normalized spacial score (nSPS) is 11.6. The molecule has 0 fully saturated rings. The summed E-state index contributed by atoms with van der Waals surface area (Å²) in [6.45, 7) is 0. The SMILES string of the molecule is O=C(c1ccc(Sc2ccc(Cl)cc2)[nH]1)C(Cl)(Cl)Cl. The van der Waals surface area contributed by atoms with Gasteiger partial charge in [0, 0.05) is 9.92 Å². The predicted octanol–water partition coefficient (Wildman–Crippen LogP) is 5.37. The van der Waals surface area contributed by atoms with E-state index in [4.69, 9.17) is 46.4 Å². The summed E-state index contributed by atoms with van der Waals surface area (Å²) in [5.41, 5.74) is 0.261. The Bertz CT molecular complexity index is 589. The fraction of sp³-hybridized carbons (Fsp3) is 0.0833. The number of hydrogen-bond donors (Lipinski definition) is 1. The van der Waals surface area contributed by atoms with Gasteiger partial charge in [0.1, 0.15) is 0 Å². The molecule has 0 amide bonds. The minimum Gasteiger partial charge on any atom is -0.347 e. The van der Waals surface area contributed by atoms with Crippen molar-refractivity contribution < 1.29 is 4.79 Å². The third-order valence-electron chi connectivity index (χ3n) is 2.20. The summed E-state index contributed by atoms with van der Waals surface area (Å²) in [5.74, 6) is -0.583. The number of hydrogen-bond acceptors (Lipinski definition) is 2. The van der Waals surface area contributed by atoms with E-state index in [1.54, 1.807) is 24.3 Å². The second-order valence-corrected chi connectivity index (χ2v) is 7.45. The zero-order valence-electron chi connectivity index (χ0n) is 9.29. The summed E-state index contributed by atoms with van der Waals surface area (Å²) in [6.07, 6.45) is 0. The van der Waals surface area contributed by atoms with Crippen LogP contribution in [0.3, 0.4) is 0 Å². The van der Waals surface area contributed by atoms with Crippen LogP contribution in [-0.4, -0.2) is 14.6 Å². The summed E-state index contributed by atoms with van der Waals surface area (Å²) in [7, 11) is 0. The first-order valence-electron chi connectivity index (χ1n) is 5.10. The average Bonchev–Trinajstić information content (AvgIpc) is 2.78. The molecule has 1 aromatic carbocycles. The number of nitrogens with one attached hydrogen (secondary N) is 1. The molecule has 0 radical (unpaired) electrons. The highest BCUT2D eigenvalue weighted by molar-refractivity contribution is 7.99. The molecule has 0 spiro atoms. The van der Waals surface area contributed by atoms with Gasteiger partial charge in [-0.15, -0.1) is 0 Å². The molecule has 0 saturated carbocycles. The highest BCUT2D eigenvalue weighted by atomic mass is 35.6. The Morgan fingerprint density at radius 1 is 1.05 bits per heavy atom. The molecule has 2 nitrogen and oxygen atoms in total. The van der Waals surface area contributed by atoms with Gasteiger partial charge in [0.25, 0.3) is 3.79 Å². The van der Waals surface area contributed by atoms with Crippen LogP contribution >= 0.6 is 58.2 Å². The first kappa shape index (κ1) is 15.1. The van der Waals surface area contributed by atoms with E-state index in [0.717, 1.165) is 9.92 Å². The van der Waals surface area contributed by atoms with Crippen LogP contribution in [0.5, 0.6) is 0 Å². The van der Waals surface area contributed by atoms with Crippen LogP contribution in [0.2, 0.25) is 5.02 Å². The van der Waals surface area contributed by atoms with E-state index in [1.807, 2.05) is 12.1 Å². The highest BCUT2D eigenvalue weighted by Gasteiger charge is 2.32. The lowest BCUT2D eigenvalue weighted by atomic mass is 10.3. The number of Topliss-reactive ketones (excluding diaryl/α,β-unsaturated/α-hetero) is 1. The fourth-order valence-electron chi connectivity index (χ4n) is 1.35. The van der Waals surface area contributed by atoms with Gasteiger partial charge in [-0.2, -0.15) is 0 Å². The van der Waals surface area contributed by atoms with Crippen molar-refractivity contribution in [1.29, 1.82) is 0 Å². The zero-order chi connectivity index (χ0) is 14.0. The molecule has 0 aliphatic heterocycles. The number of H-pyrrole nitrogens is 1. The summed E-state index contributed by atoms with van der Waals surface area (Å²) >= 11 is 23.9. The maximum absolute atomic E-state index is 11.7. The van der Waals surface area contributed by atoms with Gasteiger partial charge in [0.15, 0.2) is 0 Å². The van der Waals surface area contributed by atoms with Gasteiger partial charge in [-0.25, -0.2) is 0 Å². The predicted molar refractivity (Wildman–Crippen MR) is 81.0 cm³/mol. The summed E-state index contributed by atoms with van der Waals surface area (Å²) < 4.78 is -1.95. The lowest BCUT2D eigenvalue weighted by Gasteiger charge is -2.07. The van der Waals surface area contributed by atoms with Crippen molar-refractivity contribution in [2.45, 2.75) is 13.7 Å². The summed E-state index contributed by atoms with van der Waals surface area (Å²) in [4.78, 5) is 15.6. The quantitative estimate of drug-likeness (QED) is 0.593. The van der Waals surface area contributed by atoms with Crippen LogP contribution in [0.15, 0.2) is 46.3 Å². The number of benzene rings is 1. The van der Waals surface area contributed by atoms with Crippen molar-refractivity contribution >= 4 is 63.9 Å². The standard InChI is InChI=1S/C12H7Cl4NOS/c13-7-1-3-8(4-2-7)19-10-6-5-9(17-10)11(18)12(14,15)16/h1-6,17H. The molecule has 0 aliphatic rings. The van der Waals surface area contributed by atoms with Crippen LogP contribution in [-0.2, 0) is 0 Å². The Hall–Kier alpha value is -0.320. The van der Waals surface area contributed by atoms with E-state index >= 15 is 0 Å². The molecule has 0 aliphatic carbocycles. The molecule has 2 rings (SSSR count). The highest BCUT2D eigenvalue weighted by Crippen LogP contribution is 2.32. The zero-order valence-corrected chi connectivity index (χ0v) is 13.1. The van der Waals surface area contributed by atoms with E-state index in [-0.39, 0.29) is 5.69 Å². The molecule has 0 atom stereocenters. The first-order valence-corrected chi connectivity index (χ1v) is 7.43. The summed E-state index contributed by atoms with van der Waals surface area (Å²) in [6, 6.07) is 10.7. The minimum atomic E-state index is -1.95. The summed E-state index contributed by atoms with van der Waals surface area (Å²) in [5, 5.41) is 1.45. The lowest BCUT2D eigenvalue weighted by molar-refractivity contribution is 0.0992. The molecule has 1 N–H and O–H groups in total. The number of alkyl halides is 3. The van der Waals surface area contributed by atoms with Crippen LogP contribution in [0.1, 0.15) is 10.5 Å². The van der Waals surface area contributed by atoms with E-state index in [1.165, 1.54) is 11.8 Å². The van der Waals surface area contributed by atoms with Crippen LogP contribution in [0, 0.1) is 0 Å². The topological polar surface area (TPSA) is 32.9 Å². The lowest BCUT2D eigenvalue weighted by Crippen LogP contribution is -2.19. The van der Waals surface area contributed by atoms with Crippen molar-refractivity contribution in [3.05, 3.63) is 47.1 Å². The Morgan fingerprint density at radius 2 is 1.68 bits per heavy atom. The number of aromatic amines is 1. The molecule has 7 heteroatoms. The molecular weight excluding hydrogens is 348 g/mol. The number of halogens is 4. The van der Waals surface area contributed by atoms with Gasteiger partial charge >= 0.3 is 0 Å². The molecular formula is C12H7Cl4NOS. The number of carbonyl (C=O) groups is 1. The maximum atomic E-state index is 11.7. The molecule has 100 valence electrons. The van der Waals surface area contributed by atoms with Gasteiger partial charge < -0.3 is 4.98 Å². The largest absolute Gasteiger partial charge is 0.347 e.